The quantitative estimate of drug-likeness (QED) is 0.790. The van der Waals surface area contributed by atoms with E-state index in [-0.39, 0.29) is 12.1 Å². The van der Waals surface area contributed by atoms with Crippen LogP contribution in [0.2, 0.25) is 0 Å². The van der Waals surface area contributed by atoms with Crippen LogP contribution in [0, 0.1) is 0 Å². The van der Waals surface area contributed by atoms with Gasteiger partial charge in [-0.25, -0.2) is 0 Å². The van der Waals surface area contributed by atoms with Gasteiger partial charge in [0.25, 0.3) is 0 Å². The summed E-state index contributed by atoms with van der Waals surface area (Å²) in [7, 11) is 0. The smallest absolute Gasteiger partial charge is 0.0265 e. The van der Waals surface area contributed by atoms with Crippen molar-refractivity contribution >= 4 is 0 Å². The molecule has 0 aliphatic rings. The molecule has 0 bridgehead atoms. The van der Waals surface area contributed by atoms with E-state index in [0.29, 0.717) is 0 Å². The fourth-order valence-corrected chi connectivity index (χ4v) is 2.19. The third-order valence-corrected chi connectivity index (χ3v) is 3.23. The molecule has 0 spiro atoms. The van der Waals surface area contributed by atoms with Crippen LogP contribution in [0.1, 0.15) is 11.1 Å². The van der Waals surface area contributed by atoms with Gasteiger partial charge in [0, 0.05) is 12.1 Å². The van der Waals surface area contributed by atoms with Gasteiger partial charge in [0.05, 0.1) is 0 Å². The van der Waals surface area contributed by atoms with Crippen LogP contribution < -0.4 is 11.5 Å². The third-order valence-electron chi connectivity index (χ3n) is 3.23. The molecule has 2 nitrogen and oxygen atoms in total. The Labute approximate surface area is 121 Å². The molecule has 2 aromatic carbocycles. The molecule has 2 unspecified atom stereocenters. The lowest BCUT2D eigenvalue weighted by Gasteiger charge is -2.10. The zero-order valence-electron chi connectivity index (χ0n) is 11.7. The van der Waals surface area contributed by atoms with E-state index >= 15 is 0 Å². The van der Waals surface area contributed by atoms with Crippen molar-refractivity contribution in [1.29, 1.82) is 0 Å². The van der Waals surface area contributed by atoms with Crippen molar-refractivity contribution in [3.63, 3.8) is 0 Å². The van der Waals surface area contributed by atoms with Gasteiger partial charge in [-0.3, -0.25) is 0 Å². The zero-order valence-corrected chi connectivity index (χ0v) is 11.7. The van der Waals surface area contributed by atoms with Gasteiger partial charge in [-0.05, 0) is 24.0 Å². The molecule has 104 valence electrons. The Morgan fingerprint density at radius 2 is 1.00 bits per heavy atom. The summed E-state index contributed by atoms with van der Waals surface area (Å²) in [5.74, 6) is 0. The minimum absolute atomic E-state index is 0.0132. The summed E-state index contributed by atoms with van der Waals surface area (Å²) in [5.41, 5.74) is 14.7. The topological polar surface area (TPSA) is 52.0 Å². The average molecular weight is 266 g/mol. The van der Waals surface area contributed by atoms with Crippen molar-refractivity contribution in [3.8, 4) is 0 Å². The third kappa shape index (κ3) is 5.00. The van der Waals surface area contributed by atoms with E-state index in [2.05, 4.69) is 24.3 Å². The first-order valence-electron chi connectivity index (χ1n) is 7.01. The van der Waals surface area contributed by atoms with Crippen LogP contribution in [0.15, 0.2) is 72.8 Å². The van der Waals surface area contributed by atoms with E-state index in [1.807, 2.05) is 48.6 Å². The van der Waals surface area contributed by atoms with Crippen LogP contribution in [0.25, 0.3) is 0 Å². The van der Waals surface area contributed by atoms with Crippen LogP contribution in [-0.2, 0) is 12.8 Å². The molecule has 4 N–H and O–H groups in total. The number of nitrogens with two attached hydrogens (primary N) is 2. The van der Waals surface area contributed by atoms with E-state index < -0.39 is 0 Å². The molecule has 2 aromatic rings. The average Bonchev–Trinajstić information content (AvgIpc) is 2.47. The van der Waals surface area contributed by atoms with Crippen molar-refractivity contribution in [2.45, 2.75) is 24.9 Å². The summed E-state index contributed by atoms with van der Waals surface area (Å²) >= 11 is 0. The molecule has 2 heteroatoms. The minimum Gasteiger partial charge on any atom is -0.324 e. The van der Waals surface area contributed by atoms with Gasteiger partial charge in [0.1, 0.15) is 0 Å². The molecule has 0 saturated carbocycles. The molecule has 0 amide bonds. The van der Waals surface area contributed by atoms with Crippen LogP contribution in [0.5, 0.6) is 0 Å². The maximum Gasteiger partial charge on any atom is 0.0265 e. The normalized spacial score (nSPS) is 14.3. The van der Waals surface area contributed by atoms with E-state index in [9.17, 15) is 0 Å². The molecule has 0 fully saturated rings. The van der Waals surface area contributed by atoms with E-state index in [0.717, 1.165) is 12.8 Å². The van der Waals surface area contributed by atoms with Crippen molar-refractivity contribution in [3.05, 3.63) is 83.9 Å². The van der Waals surface area contributed by atoms with Crippen LogP contribution >= 0.6 is 0 Å². The van der Waals surface area contributed by atoms with Gasteiger partial charge in [0.2, 0.25) is 0 Å². The van der Waals surface area contributed by atoms with Crippen LogP contribution in [-0.4, -0.2) is 12.1 Å². The molecule has 0 saturated heterocycles. The van der Waals surface area contributed by atoms with Gasteiger partial charge < -0.3 is 11.5 Å². The monoisotopic (exact) mass is 266 g/mol. The molecule has 0 radical (unpaired) electrons. The van der Waals surface area contributed by atoms with Crippen molar-refractivity contribution in [2.24, 2.45) is 11.5 Å². The van der Waals surface area contributed by atoms with Gasteiger partial charge in [-0.1, -0.05) is 72.8 Å². The molecular weight excluding hydrogens is 244 g/mol. The first kappa shape index (κ1) is 14.5. The molecule has 2 atom stereocenters. The Hall–Kier alpha value is -1.90. The summed E-state index contributed by atoms with van der Waals surface area (Å²) in [6.07, 6.45) is 5.71. The molecule has 20 heavy (non-hydrogen) atoms. The molecular formula is C18H22N2. The highest BCUT2D eigenvalue weighted by Gasteiger charge is 2.02. The molecule has 0 aliphatic carbocycles. The summed E-state index contributed by atoms with van der Waals surface area (Å²) in [6.45, 7) is 0. The number of rotatable bonds is 6. The molecule has 0 aromatic heterocycles. The summed E-state index contributed by atoms with van der Waals surface area (Å²) < 4.78 is 0. The van der Waals surface area contributed by atoms with Crippen LogP contribution in [0.3, 0.4) is 0 Å². The SMILES string of the molecule is NC(C=CC(N)Cc1ccccc1)Cc1ccccc1. The van der Waals surface area contributed by atoms with Crippen molar-refractivity contribution in [1.82, 2.24) is 0 Å². The number of hydrogen-bond donors (Lipinski definition) is 2. The Kier molecular flexibility index (Phi) is 5.54. The van der Waals surface area contributed by atoms with Gasteiger partial charge in [-0.2, -0.15) is 0 Å². The highest BCUT2D eigenvalue weighted by atomic mass is 14.6. The predicted molar refractivity (Wildman–Crippen MR) is 85.4 cm³/mol. The second-order valence-electron chi connectivity index (χ2n) is 5.09. The summed E-state index contributed by atoms with van der Waals surface area (Å²) in [5, 5.41) is 0. The Balaban J connectivity index is 1.82. The lowest BCUT2D eigenvalue weighted by atomic mass is 10.0. The summed E-state index contributed by atoms with van der Waals surface area (Å²) in [6, 6.07) is 20.6. The Morgan fingerprint density at radius 1 is 0.650 bits per heavy atom. The van der Waals surface area contributed by atoms with E-state index in [1.54, 1.807) is 0 Å². The minimum atomic E-state index is 0.0132. The Morgan fingerprint density at radius 3 is 1.35 bits per heavy atom. The first-order chi connectivity index (χ1) is 9.74. The number of hydrogen-bond acceptors (Lipinski definition) is 2. The van der Waals surface area contributed by atoms with Gasteiger partial charge >= 0.3 is 0 Å². The summed E-state index contributed by atoms with van der Waals surface area (Å²) in [4.78, 5) is 0. The Bertz CT molecular complexity index is 470. The van der Waals surface area contributed by atoms with Crippen LogP contribution in [0.4, 0.5) is 0 Å². The maximum atomic E-state index is 6.11. The second kappa shape index (κ2) is 7.63. The molecule has 2 rings (SSSR count). The highest BCUT2D eigenvalue weighted by molar-refractivity contribution is 5.19. The maximum absolute atomic E-state index is 6.11. The molecule has 0 heterocycles. The number of benzene rings is 2. The lowest BCUT2D eigenvalue weighted by molar-refractivity contribution is 0.771. The first-order valence-corrected chi connectivity index (χ1v) is 7.01. The standard InChI is InChI=1S/C18H22N2/c19-17(13-15-7-3-1-4-8-15)11-12-18(20)14-16-9-5-2-6-10-16/h1-12,17-18H,13-14,19-20H2. The fourth-order valence-electron chi connectivity index (χ4n) is 2.19. The second-order valence-corrected chi connectivity index (χ2v) is 5.09. The zero-order chi connectivity index (χ0) is 14.2. The van der Waals surface area contributed by atoms with Crippen molar-refractivity contribution in [2.75, 3.05) is 0 Å². The lowest BCUT2D eigenvalue weighted by Crippen LogP contribution is -2.24. The van der Waals surface area contributed by atoms with Gasteiger partial charge in [0.15, 0.2) is 0 Å². The van der Waals surface area contributed by atoms with E-state index in [1.165, 1.54) is 11.1 Å². The highest BCUT2D eigenvalue weighted by Crippen LogP contribution is 2.05. The largest absolute Gasteiger partial charge is 0.324 e. The predicted octanol–water partition coefficient (Wildman–Crippen LogP) is 2.68. The van der Waals surface area contributed by atoms with Gasteiger partial charge in [-0.15, -0.1) is 0 Å². The fraction of sp³-hybridized carbons (Fsp3) is 0.222. The van der Waals surface area contributed by atoms with Crippen molar-refractivity contribution < 1.29 is 0 Å². The molecule has 0 aliphatic heterocycles. The van der Waals surface area contributed by atoms with E-state index in [4.69, 9.17) is 11.5 Å².